The summed E-state index contributed by atoms with van der Waals surface area (Å²) in [5.74, 6) is -1.88. The van der Waals surface area contributed by atoms with Crippen molar-refractivity contribution in [2.75, 3.05) is 4.72 Å². The monoisotopic (exact) mass is 310 g/mol. The first-order chi connectivity index (χ1) is 9.79. The molecule has 0 aliphatic heterocycles. The molecule has 2 rings (SSSR count). The zero-order valence-electron chi connectivity index (χ0n) is 10.9. The minimum atomic E-state index is -4.00. The highest BCUT2D eigenvalue weighted by molar-refractivity contribution is 7.92. The summed E-state index contributed by atoms with van der Waals surface area (Å²) >= 11 is 0. The van der Waals surface area contributed by atoms with E-state index in [4.69, 9.17) is 5.11 Å². The van der Waals surface area contributed by atoms with Crippen molar-refractivity contribution in [2.24, 2.45) is 0 Å². The third kappa shape index (κ3) is 3.34. The van der Waals surface area contributed by atoms with E-state index in [1.54, 1.807) is 6.92 Å². The number of aromatic carboxylic acids is 1. The Kier molecular flexibility index (Phi) is 3.90. The quantitative estimate of drug-likeness (QED) is 0.900. The molecule has 110 valence electrons. The van der Waals surface area contributed by atoms with Crippen LogP contribution in [0.5, 0.6) is 0 Å². The molecule has 0 bridgehead atoms. The molecule has 8 heteroatoms. The van der Waals surface area contributed by atoms with Gasteiger partial charge in [-0.15, -0.1) is 0 Å². The molecule has 2 aromatic rings. The lowest BCUT2D eigenvalue weighted by molar-refractivity contribution is 0.0696. The van der Waals surface area contributed by atoms with Gasteiger partial charge in [0.05, 0.1) is 16.7 Å². The van der Waals surface area contributed by atoms with E-state index in [1.165, 1.54) is 18.2 Å². The fraction of sp³-hybridized carbons (Fsp3) is 0.0769. The Morgan fingerprint density at radius 3 is 2.57 bits per heavy atom. The van der Waals surface area contributed by atoms with E-state index in [0.717, 1.165) is 18.3 Å². The predicted octanol–water partition coefficient (Wildman–Crippen LogP) is 2.03. The third-order valence-electron chi connectivity index (χ3n) is 2.72. The Balaban J connectivity index is 2.38. The molecule has 0 spiro atoms. The fourth-order valence-corrected chi connectivity index (χ4v) is 2.67. The van der Waals surface area contributed by atoms with Crippen molar-refractivity contribution in [3.63, 3.8) is 0 Å². The number of nitrogens with zero attached hydrogens (tertiary/aromatic N) is 1. The number of rotatable bonds is 4. The summed E-state index contributed by atoms with van der Waals surface area (Å²) in [5.41, 5.74) is 0.339. The summed E-state index contributed by atoms with van der Waals surface area (Å²) in [7, 11) is -4.00. The maximum atomic E-state index is 12.7. The van der Waals surface area contributed by atoms with E-state index >= 15 is 0 Å². The van der Waals surface area contributed by atoms with Crippen molar-refractivity contribution in [1.82, 2.24) is 4.98 Å². The second kappa shape index (κ2) is 5.49. The van der Waals surface area contributed by atoms with E-state index < -0.39 is 21.8 Å². The van der Waals surface area contributed by atoms with E-state index in [9.17, 15) is 17.6 Å². The number of carboxylic acids is 1. The van der Waals surface area contributed by atoms with Crippen LogP contribution in [0.25, 0.3) is 0 Å². The van der Waals surface area contributed by atoms with Crippen molar-refractivity contribution >= 4 is 21.8 Å². The number of benzene rings is 1. The van der Waals surface area contributed by atoms with Crippen molar-refractivity contribution in [3.8, 4) is 0 Å². The van der Waals surface area contributed by atoms with Gasteiger partial charge in [0, 0.05) is 0 Å². The first-order valence-corrected chi connectivity index (χ1v) is 7.26. The van der Waals surface area contributed by atoms with Crippen LogP contribution in [0.2, 0.25) is 0 Å². The number of nitrogens with one attached hydrogen (secondary N) is 1. The van der Waals surface area contributed by atoms with E-state index in [1.807, 2.05) is 0 Å². The third-order valence-corrected chi connectivity index (χ3v) is 4.07. The van der Waals surface area contributed by atoms with E-state index in [0.29, 0.717) is 5.56 Å². The SMILES string of the molecule is Cc1ccc(S(=O)(=O)Nc2ccc(F)cn2)cc1C(=O)O. The molecule has 0 atom stereocenters. The van der Waals surface area contributed by atoms with Gasteiger partial charge in [0.15, 0.2) is 0 Å². The van der Waals surface area contributed by atoms with Gasteiger partial charge < -0.3 is 5.11 Å². The van der Waals surface area contributed by atoms with E-state index in [-0.39, 0.29) is 16.3 Å². The summed E-state index contributed by atoms with van der Waals surface area (Å²) in [6.07, 6.45) is 0.871. The second-order valence-corrected chi connectivity index (χ2v) is 5.93. The fourth-order valence-electron chi connectivity index (χ4n) is 1.63. The summed E-state index contributed by atoms with van der Waals surface area (Å²) in [6.45, 7) is 1.56. The van der Waals surface area contributed by atoms with Gasteiger partial charge in [0.2, 0.25) is 0 Å². The number of sulfonamides is 1. The number of hydrogen-bond acceptors (Lipinski definition) is 4. The molecule has 0 saturated heterocycles. The average Bonchev–Trinajstić information content (AvgIpc) is 2.41. The van der Waals surface area contributed by atoms with Gasteiger partial charge in [-0.25, -0.2) is 22.6 Å². The van der Waals surface area contributed by atoms with Crippen molar-refractivity contribution in [2.45, 2.75) is 11.8 Å². The molecular formula is C13H11FN2O4S. The highest BCUT2D eigenvalue weighted by Gasteiger charge is 2.18. The summed E-state index contributed by atoms with van der Waals surface area (Å²) in [6, 6.07) is 5.97. The first-order valence-electron chi connectivity index (χ1n) is 5.78. The van der Waals surface area contributed by atoms with Crippen molar-refractivity contribution in [3.05, 3.63) is 53.5 Å². The van der Waals surface area contributed by atoms with Gasteiger partial charge in [0.1, 0.15) is 11.6 Å². The van der Waals surface area contributed by atoms with Crippen LogP contribution in [0.1, 0.15) is 15.9 Å². The number of carboxylic acid groups (broad SMARTS) is 1. The van der Waals surface area contributed by atoms with Crippen LogP contribution < -0.4 is 4.72 Å². The van der Waals surface area contributed by atoms with Crippen molar-refractivity contribution < 1.29 is 22.7 Å². The number of carbonyl (C=O) groups is 1. The lowest BCUT2D eigenvalue weighted by atomic mass is 10.1. The number of hydrogen-bond donors (Lipinski definition) is 2. The first kappa shape index (κ1) is 14.9. The van der Waals surface area contributed by atoms with Crippen LogP contribution >= 0.6 is 0 Å². The molecule has 6 nitrogen and oxygen atoms in total. The zero-order chi connectivity index (χ0) is 15.6. The highest BCUT2D eigenvalue weighted by Crippen LogP contribution is 2.18. The lowest BCUT2D eigenvalue weighted by Crippen LogP contribution is -2.15. The molecule has 0 aliphatic carbocycles. The molecule has 0 unspecified atom stereocenters. The Bertz CT molecular complexity index is 788. The molecule has 1 aromatic heterocycles. The van der Waals surface area contributed by atoms with Gasteiger partial charge in [-0.2, -0.15) is 0 Å². The van der Waals surface area contributed by atoms with Gasteiger partial charge in [-0.3, -0.25) is 4.72 Å². The maximum absolute atomic E-state index is 12.7. The molecule has 0 radical (unpaired) electrons. The number of halogens is 1. The van der Waals surface area contributed by atoms with Gasteiger partial charge in [-0.1, -0.05) is 6.07 Å². The van der Waals surface area contributed by atoms with Crippen molar-refractivity contribution in [1.29, 1.82) is 0 Å². The minimum absolute atomic E-state index is 0.0612. The summed E-state index contributed by atoms with van der Waals surface area (Å²) < 4.78 is 39.1. The van der Waals surface area contributed by atoms with Crippen LogP contribution in [-0.2, 0) is 10.0 Å². The molecule has 0 saturated carbocycles. The largest absolute Gasteiger partial charge is 0.478 e. The molecule has 2 N–H and O–H groups in total. The van der Waals surface area contributed by atoms with Crippen LogP contribution in [0.4, 0.5) is 10.2 Å². The molecule has 1 heterocycles. The van der Waals surface area contributed by atoms with Crippen LogP contribution in [0.3, 0.4) is 0 Å². The van der Waals surface area contributed by atoms with Gasteiger partial charge >= 0.3 is 5.97 Å². The number of aryl methyl sites for hydroxylation is 1. The molecular weight excluding hydrogens is 299 g/mol. The normalized spacial score (nSPS) is 11.1. The molecule has 0 aliphatic rings. The second-order valence-electron chi connectivity index (χ2n) is 4.25. The predicted molar refractivity (Wildman–Crippen MR) is 73.1 cm³/mol. The highest BCUT2D eigenvalue weighted by atomic mass is 32.2. The Labute approximate surface area is 120 Å². The topological polar surface area (TPSA) is 96.4 Å². The summed E-state index contributed by atoms with van der Waals surface area (Å²) in [5, 5.41) is 9.01. The Morgan fingerprint density at radius 1 is 1.29 bits per heavy atom. The zero-order valence-corrected chi connectivity index (χ0v) is 11.7. The number of aromatic nitrogens is 1. The molecule has 21 heavy (non-hydrogen) atoms. The van der Waals surface area contributed by atoms with Gasteiger partial charge in [-0.05, 0) is 36.8 Å². The van der Waals surface area contributed by atoms with Crippen LogP contribution in [0, 0.1) is 12.7 Å². The maximum Gasteiger partial charge on any atom is 0.335 e. The van der Waals surface area contributed by atoms with Crippen LogP contribution in [-0.4, -0.2) is 24.5 Å². The van der Waals surface area contributed by atoms with Crippen LogP contribution in [0.15, 0.2) is 41.4 Å². The summed E-state index contributed by atoms with van der Waals surface area (Å²) in [4.78, 5) is 14.4. The number of anilines is 1. The number of pyridine rings is 1. The smallest absolute Gasteiger partial charge is 0.335 e. The van der Waals surface area contributed by atoms with Gasteiger partial charge in [0.25, 0.3) is 10.0 Å². The Hall–Kier alpha value is -2.48. The Morgan fingerprint density at radius 2 is 2.00 bits per heavy atom. The molecule has 0 amide bonds. The molecule has 1 aromatic carbocycles. The van der Waals surface area contributed by atoms with E-state index in [2.05, 4.69) is 9.71 Å². The standard InChI is InChI=1S/C13H11FN2O4S/c1-8-2-4-10(6-11(8)13(17)18)21(19,20)16-12-5-3-9(14)7-15-12/h2-7H,1H3,(H,15,16)(H,17,18). The lowest BCUT2D eigenvalue weighted by Gasteiger charge is -2.09. The molecule has 0 fully saturated rings. The minimum Gasteiger partial charge on any atom is -0.478 e. The average molecular weight is 310 g/mol.